The summed E-state index contributed by atoms with van der Waals surface area (Å²) in [5, 5.41) is 11.9. The minimum absolute atomic E-state index is 0.0963. The van der Waals surface area contributed by atoms with Gasteiger partial charge in [-0.05, 0) is 29.8 Å². The van der Waals surface area contributed by atoms with E-state index < -0.39 is 23.9 Å². The van der Waals surface area contributed by atoms with Crippen LogP contribution in [0.4, 0.5) is 0 Å². The van der Waals surface area contributed by atoms with Crippen LogP contribution in [0.1, 0.15) is 26.3 Å². The third-order valence-corrected chi connectivity index (χ3v) is 3.74. The number of esters is 2. The Bertz CT molecular complexity index is 800. The first-order valence-electron chi connectivity index (χ1n) is 7.80. The average molecular weight is 357 g/mol. The molecular formula is C19H19NO6. The van der Waals surface area contributed by atoms with Gasteiger partial charge >= 0.3 is 11.9 Å². The van der Waals surface area contributed by atoms with Crippen LogP contribution in [0.25, 0.3) is 0 Å². The van der Waals surface area contributed by atoms with Crippen LogP contribution in [-0.2, 0) is 20.7 Å². The maximum atomic E-state index is 12.6. The number of nitrogens with one attached hydrogen (secondary N) is 1. The van der Waals surface area contributed by atoms with E-state index in [0.717, 1.165) is 5.56 Å². The predicted molar refractivity (Wildman–Crippen MR) is 92.9 cm³/mol. The summed E-state index contributed by atoms with van der Waals surface area (Å²) in [6.45, 7) is 0. The maximum absolute atomic E-state index is 12.6. The Morgan fingerprint density at radius 3 is 2.15 bits per heavy atom. The van der Waals surface area contributed by atoms with Gasteiger partial charge in [-0.25, -0.2) is 9.59 Å². The molecule has 0 bridgehead atoms. The fourth-order valence-electron chi connectivity index (χ4n) is 2.41. The zero-order valence-electron chi connectivity index (χ0n) is 14.4. The lowest BCUT2D eigenvalue weighted by Crippen LogP contribution is -2.43. The van der Waals surface area contributed by atoms with Crippen molar-refractivity contribution < 1.29 is 29.0 Å². The number of carbonyl (C=O) groups excluding carboxylic acids is 3. The summed E-state index contributed by atoms with van der Waals surface area (Å²) in [5.41, 5.74) is 0.916. The highest BCUT2D eigenvalue weighted by atomic mass is 16.5. The van der Waals surface area contributed by atoms with Crippen molar-refractivity contribution >= 4 is 17.8 Å². The number of rotatable bonds is 6. The van der Waals surface area contributed by atoms with Crippen LogP contribution in [0.15, 0.2) is 48.5 Å². The van der Waals surface area contributed by atoms with E-state index in [0.29, 0.717) is 0 Å². The molecule has 0 aromatic heterocycles. The largest absolute Gasteiger partial charge is 0.508 e. The van der Waals surface area contributed by atoms with Crippen molar-refractivity contribution in [1.82, 2.24) is 5.32 Å². The Labute approximate surface area is 150 Å². The van der Waals surface area contributed by atoms with Crippen molar-refractivity contribution in [2.24, 2.45) is 0 Å². The summed E-state index contributed by atoms with van der Waals surface area (Å²) in [6.07, 6.45) is 0.166. The minimum atomic E-state index is -0.956. The zero-order chi connectivity index (χ0) is 19.1. The third kappa shape index (κ3) is 4.60. The number of phenols is 1. The van der Waals surface area contributed by atoms with Gasteiger partial charge in [0.2, 0.25) is 0 Å². The van der Waals surface area contributed by atoms with E-state index in [1.54, 1.807) is 24.3 Å². The number of amides is 1. The number of hydrogen-bond acceptors (Lipinski definition) is 6. The summed E-state index contributed by atoms with van der Waals surface area (Å²) in [6, 6.07) is 11.4. The van der Waals surface area contributed by atoms with Crippen molar-refractivity contribution in [3.05, 3.63) is 65.2 Å². The fourth-order valence-corrected chi connectivity index (χ4v) is 2.41. The molecule has 26 heavy (non-hydrogen) atoms. The van der Waals surface area contributed by atoms with Gasteiger partial charge in [0.05, 0.1) is 25.3 Å². The van der Waals surface area contributed by atoms with Crippen molar-refractivity contribution in [2.75, 3.05) is 14.2 Å². The van der Waals surface area contributed by atoms with Crippen LogP contribution < -0.4 is 5.32 Å². The highest BCUT2D eigenvalue weighted by molar-refractivity contribution is 6.06. The van der Waals surface area contributed by atoms with Gasteiger partial charge < -0.3 is 19.9 Å². The van der Waals surface area contributed by atoms with Gasteiger partial charge in [-0.1, -0.05) is 24.3 Å². The van der Waals surface area contributed by atoms with Crippen LogP contribution in [0.3, 0.4) is 0 Å². The molecule has 1 amide bonds. The van der Waals surface area contributed by atoms with E-state index in [-0.39, 0.29) is 23.3 Å². The molecule has 0 heterocycles. The second-order valence-corrected chi connectivity index (χ2v) is 5.46. The monoisotopic (exact) mass is 357 g/mol. The second-order valence-electron chi connectivity index (χ2n) is 5.46. The van der Waals surface area contributed by atoms with Crippen molar-refractivity contribution in [3.8, 4) is 5.75 Å². The number of carbonyl (C=O) groups is 3. The number of methoxy groups -OCH3 is 2. The molecular weight excluding hydrogens is 338 g/mol. The summed E-state index contributed by atoms with van der Waals surface area (Å²) in [4.78, 5) is 36.5. The van der Waals surface area contributed by atoms with Crippen LogP contribution >= 0.6 is 0 Å². The first-order chi connectivity index (χ1) is 12.5. The summed E-state index contributed by atoms with van der Waals surface area (Å²) in [5.74, 6) is -1.77. The zero-order valence-corrected chi connectivity index (χ0v) is 14.4. The van der Waals surface area contributed by atoms with E-state index in [9.17, 15) is 19.5 Å². The molecule has 7 nitrogen and oxygen atoms in total. The van der Waals surface area contributed by atoms with Crippen LogP contribution in [0.5, 0.6) is 5.75 Å². The SMILES string of the molecule is COC(=O)c1ccccc1C(=O)NC(Cc1ccc(O)cc1)C(=O)OC. The molecule has 2 aromatic carbocycles. The molecule has 0 spiro atoms. The fraction of sp³-hybridized carbons (Fsp3) is 0.211. The van der Waals surface area contributed by atoms with Gasteiger partial charge in [-0.3, -0.25) is 4.79 Å². The Balaban J connectivity index is 2.23. The molecule has 0 aliphatic rings. The van der Waals surface area contributed by atoms with Gasteiger partial charge in [0.25, 0.3) is 5.91 Å². The molecule has 7 heteroatoms. The standard InChI is InChI=1S/C19H19NO6/c1-25-18(23)15-6-4-3-5-14(15)17(22)20-16(19(24)26-2)11-12-7-9-13(21)10-8-12/h3-10,16,21H,11H2,1-2H3,(H,20,22). The maximum Gasteiger partial charge on any atom is 0.338 e. The lowest BCUT2D eigenvalue weighted by Gasteiger charge is -2.17. The first kappa shape index (κ1) is 19.0. The predicted octanol–water partition coefficient (Wildman–Crippen LogP) is 1.69. The number of hydrogen-bond donors (Lipinski definition) is 2. The Morgan fingerprint density at radius 2 is 1.58 bits per heavy atom. The van der Waals surface area contributed by atoms with Crippen LogP contribution in [-0.4, -0.2) is 43.2 Å². The number of phenolic OH excluding ortho intramolecular Hbond substituents is 1. The normalized spacial score (nSPS) is 11.3. The molecule has 0 fully saturated rings. The number of aromatic hydroxyl groups is 1. The molecule has 0 aliphatic carbocycles. The van der Waals surface area contributed by atoms with E-state index >= 15 is 0 Å². The highest BCUT2D eigenvalue weighted by Gasteiger charge is 2.25. The molecule has 2 aromatic rings. The molecule has 0 saturated carbocycles. The summed E-state index contributed by atoms with van der Waals surface area (Å²) < 4.78 is 9.42. The van der Waals surface area contributed by atoms with E-state index in [4.69, 9.17) is 4.74 Å². The summed E-state index contributed by atoms with van der Waals surface area (Å²) >= 11 is 0. The van der Waals surface area contributed by atoms with Crippen LogP contribution in [0.2, 0.25) is 0 Å². The molecule has 0 saturated heterocycles. The van der Waals surface area contributed by atoms with Crippen LogP contribution in [0, 0.1) is 0 Å². The highest BCUT2D eigenvalue weighted by Crippen LogP contribution is 2.14. The average Bonchev–Trinajstić information content (AvgIpc) is 2.67. The van der Waals surface area contributed by atoms with Crippen molar-refractivity contribution in [2.45, 2.75) is 12.5 Å². The van der Waals surface area contributed by atoms with Gasteiger partial charge in [0.1, 0.15) is 11.8 Å². The van der Waals surface area contributed by atoms with E-state index in [2.05, 4.69) is 10.1 Å². The molecule has 0 radical (unpaired) electrons. The van der Waals surface area contributed by atoms with Gasteiger partial charge in [-0.15, -0.1) is 0 Å². The quantitative estimate of drug-likeness (QED) is 0.763. The topological polar surface area (TPSA) is 102 Å². The van der Waals surface area contributed by atoms with Crippen molar-refractivity contribution in [3.63, 3.8) is 0 Å². The molecule has 136 valence electrons. The minimum Gasteiger partial charge on any atom is -0.508 e. The van der Waals surface area contributed by atoms with E-state index in [1.165, 1.54) is 38.5 Å². The lowest BCUT2D eigenvalue weighted by atomic mass is 10.0. The molecule has 1 atom stereocenters. The smallest absolute Gasteiger partial charge is 0.338 e. The Kier molecular flexibility index (Phi) is 6.32. The van der Waals surface area contributed by atoms with Gasteiger partial charge in [0, 0.05) is 6.42 Å². The molecule has 2 rings (SSSR count). The summed E-state index contributed by atoms with van der Waals surface area (Å²) in [7, 11) is 2.44. The van der Waals surface area contributed by atoms with Gasteiger partial charge in [-0.2, -0.15) is 0 Å². The molecule has 1 unspecified atom stereocenters. The third-order valence-electron chi connectivity index (χ3n) is 3.74. The van der Waals surface area contributed by atoms with Crippen molar-refractivity contribution in [1.29, 1.82) is 0 Å². The number of ether oxygens (including phenoxy) is 2. The van der Waals surface area contributed by atoms with E-state index in [1.807, 2.05) is 0 Å². The van der Waals surface area contributed by atoms with Gasteiger partial charge in [0.15, 0.2) is 0 Å². The Hall–Kier alpha value is -3.35. The Morgan fingerprint density at radius 1 is 0.962 bits per heavy atom. The first-order valence-corrected chi connectivity index (χ1v) is 7.80. The lowest BCUT2D eigenvalue weighted by molar-refractivity contribution is -0.142. The molecule has 2 N–H and O–H groups in total. The molecule has 0 aliphatic heterocycles. The number of benzene rings is 2. The second kappa shape index (κ2) is 8.66.